The zero-order valence-corrected chi connectivity index (χ0v) is 11.6. The number of ether oxygens (including phenoxy) is 2. The molecule has 0 amide bonds. The molecule has 1 rings (SSSR count). The molecule has 1 unspecified atom stereocenters. The van der Waals surface area contributed by atoms with Gasteiger partial charge in [0.25, 0.3) is 0 Å². The average Bonchev–Trinajstić information content (AvgIpc) is 3.08. The highest BCUT2D eigenvalue weighted by atomic mass is 79.9. The van der Waals surface area contributed by atoms with Crippen molar-refractivity contribution in [2.75, 3.05) is 14.2 Å². The molecule has 1 aliphatic carbocycles. The highest BCUT2D eigenvalue weighted by Crippen LogP contribution is 2.46. The Hall–Kier alpha value is -0.100. The van der Waals surface area contributed by atoms with Gasteiger partial charge in [-0.1, -0.05) is 31.9 Å². The van der Waals surface area contributed by atoms with Gasteiger partial charge >= 0.3 is 11.9 Å². The second-order valence-electron chi connectivity index (χ2n) is 3.43. The van der Waals surface area contributed by atoms with Gasteiger partial charge in [0.1, 0.15) is 0 Å². The number of hydrogen-bond donors (Lipinski definition) is 0. The number of carbonyl (C=O) groups is 2. The minimum atomic E-state index is -1.43. The van der Waals surface area contributed by atoms with Crippen molar-refractivity contribution >= 4 is 43.8 Å². The van der Waals surface area contributed by atoms with E-state index in [9.17, 15) is 9.59 Å². The molecule has 0 spiro atoms. The van der Waals surface area contributed by atoms with E-state index < -0.39 is 16.3 Å². The van der Waals surface area contributed by atoms with Crippen LogP contribution < -0.4 is 0 Å². The lowest BCUT2D eigenvalue weighted by atomic mass is 10.0. The van der Waals surface area contributed by atoms with Gasteiger partial charge in [-0.15, -0.1) is 0 Å². The van der Waals surface area contributed by atoms with Crippen LogP contribution in [0.3, 0.4) is 0 Å². The Morgan fingerprint density at radius 1 is 1.27 bits per heavy atom. The van der Waals surface area contributed by atoms with Crippen molar-refractivity contribution in [3.8, 4) is 0 Å². The molecule has 0 bridgehead atoms. The van der Waals surface area contributed by atoms with Crippen LogP contribution in [0.4, 0.5) is 0 Å². The first kappa shape index (κ1) is 13.0. The summed E-state index contributed by atoms with van der Waals surface area (Å²) in [4.78, 5) is 22.9. The minimum absolute atomic E-state index is 0.301. The van der Waals surface area contributed by atoms with E-state index >= 15 is 0 Å². The molecule has 6 heteroatoms. The maximum atomic E-state index is 11.6. The van der Waals surface area contributed by atoms with Crippen LogP contribution in [0.15, 0.2) is 0 Å². The topological polar surface area (TPSA) is 52.6 Å². The third-order valence-electron chi connectivity index (χ3n) is 2.38. The molecular weight excluding hydrogens is 332 g/mol. The second-order valence-corrected chi connectivity index (χ2v) is 5.67. The fourth-order valence-corrected chi connectivity index (χ4v) is 2.92. The SMILES string of the molecule is COC(=O)C(Br)(C(=O)OC)C(Br)C1CC1. The van der Waals surface area contributed by atoms with E-state index in [0.717, 1.165) is 12.8 Å². The van der Waals surface area contributed by atoms with E-state index in [0.29, 0.717) is 5.92 Å². The van der Waals surface area contributed by atoms with E-state index in [1.807, 2.05) is 0 Å². The lowest BCUT2D eigenvalue weighted by Gasteiger charge is -2.26. The molecule has 4 nitrogen and oxygen atoms in total. The molecule has 1 fully saturated rings. The van der Waals surface area contributed by atoms with Gasteiger partial charge in [-0.25, -0.2) is 9.59 Å². The summed E-state index contributed by atoms with van der Waals surface area (Å²) in [5.74, 6) is -0.964. The molecule has 0 radical (unpaired) electrons. The molecule has 86 valence electrons. The maximum absolute atomic E-state index is 11.6. The number of alkyl halides is 2. The number of rotatable bonds is 4. The van der Waals surface area contributed by atoms with Crippen molar-refractivity contribution in [1.29, 1.82) is 0 Å². The first-order chi connectivity index (χ1) is 6.98. The van der Waals surface area contributed by atoms with Gasteiger partial charge in [-0.3, -0.25) is 0 Å². The Balaban J connectivity index is 2.93. The predicted molar refractivity (Wildman–Crippen MR) is 61.1 cm³/mol. The Morgan fingerprint density at radius 2 is 1.67 bits per heavy atom. The van der Waals surface area contributed by atoms with Crippen molar-refractivity contribution in [3.63, 3.8) is 0 Å². The normalized spacial score (nSPS) is 18.1. The molecule has 0 N–H and O–H groups in total. The van der Waals surface area contributed by atoms with E-state index in [1.54, 1.807) is 0 Å². The predicted octanol–water partition coefficient (Wildman–Crippen LogP) is 1.64. The van der Waals surface area contributed by atoms with Gasteiger partial charge < -0.3 is 9.47 Å². The molecular formula is C9H12Br2O4. The largest absolute Gasteiger partial charge is 0.467 e. The van der Waals surface area contributed by atoms with Crippen molar-refractivity contribution < 1.29 is 19.1 Å². The average molecular weight is 344 g/mol. The molecule has 0 aromatic carbocycles. The summed E-state index contributed by atoms with van der Waals surface area (Å²) in [5.41, 5.74) is 0. The van der Waals surface area contributed by atoms with Crippen LogP contribution in [0.25, 0.3) is 0 Å². The van der Waals surface area contributed by atoms with Gasteiger partial charge in [-0.05, 0) is 18.8 Å². The Kier molecular flexibility index (Phi) is 4.17. The monoisotopic (exact) mass is 342 g/mol. The first-order valence-electron chi connectivity index (χ1n) is 4.48. The molecule has 1 atom stereocenters. The number of methoxy groups -OCH3 is 2. The number of carbonyl (C=O) groups excluding carboxylic acids is 2. The smallest absolute Gasteiger partial charge is 0.335 e. The van der Waals surface area contributed by atoms with Gasteiger partial charge in [-0.2, -0.15) is 0 Å². The zero-order valence-electron chi connectivity index (χ0n) is 8.46. The van der Waals surface area contributed by atoms with Crippen LogP contribution in [-0.4, -0.2) is 35.3 Å². The summed E-state index contributed by atoms with van der Waals surface area (Å²) in [6, 6.07) is 0. The summed E-state index contributed by atoms with van der Waals surface area (Å²) in [6.45, 7) is 0. The van der Waals surface area contributed by atoms with Crippen molar-refractivity contribution in [2.45, 2.75) is 22.0 Å². The summed E-state index contributed by atoms with van der Waals surface area (Å²) in [7, 11) is 2.49. The van der Waals surface area contributed by atoms with Crippen LogP contribution in [-0.2, 0) is 19.1 Å². The Labute approximate surface area is 105 Å². The van der Waals surface area contributed by atoms with E-state index in [2.05, 4.69) is 41.3 Å². The first-order valence-corrected chi connectivity index (χ1v) is 6.19. The van der Waals surface area contributed by atoms with Crippen LogP contribution in [0, 0.1) is 5.92 Å². The molecule has 1 saturated carbocycles. The molecule has 0 aliphatic heterocycles. The zero-order chi connectivity index (χ0) is 11.6. The lowest BCUT2D eigenvalue weighted by molar-refractivity contribution is -0.155. The van der Waals surface area contributed by atoms with Gasteiger partial charge in [0.05, 0.1) is 19.0 Å². The molecule has 0 aromatic heterocycles. The van der Waals surface area contributed by atoms with Gasteiger partial charge in [0.2, 0.25) is 4.32 Å². The number of halogens is 2. The van der Waals surface area contributed by atoms with Crippen molar-refractivity contribution in [3.05, 3.63) is 0 Å². The third-order valence-corrected chi connectivity index (χ3v) is 5.57. The fourth-order valence-electron chi connectivity index (χ4n) is 1.32. The molecule has 0 heterocycles. The second kappa shape index (κ2) is 4.82. The summed E-state index contributed by atoms with van der Waals surface area (Å²) < 4.78 is 7.81. The Bertz CT molecular complexity index is 259. The quantitative estimate of drug-likeness (QED) is 0.442. The maximum Gasteiger partial charge on any atom is 0.335 e. The van der Waals surface area contributed by atoms with Crippen molar-refractivity contribution in [2.24, 2.45) is 5.92 Å². The third kappa shape index (κ3) is 2.36. The minimum Gasteiger partial charge on any atom is -0.467 e. The van der Waals surface area contributed by atoms with E-state index in [-0.39, 0.29) is 4.83 Å². The number of hydrogen-bond acceptors (Lipinski definition) is 4. The van der Waals surface area contributed by atoms with Crippen LogP contribution in [0.2, 0.25) is 0 Å². The molecule has 0 aromatic rings. The molecule has 1 aliphatic rings. The van der Waals surface area contributed by atoms with Gasteiger partial charge in [0, 0.05) is 0 Å². The number of esters is 2. The fraction of sp³-hybridized carbons (Fsp3) is 0.778. The Morgan fingerprint density at radius 3 is 1.93 bits per heavy atom. The van der Waals surface area contributed by atoms with Gasteiger partial charge in [0.15, 0.2) is 0 Å². The van der Waals surface area contributed by atoms with Crippen LogP contribution >= 0.6 is 31.9 Å². The van der Waals surface area contributed by atoms with Crippen LogP contribution in [0.1, 0.15) is 12.8 Å². The summed E-state index contributed by atoms with van der Waals surface area (Å²) in [5, 5.41) is 0. The highest BCUT2D eigenvalue weighted by molar-refractivity contribution is 9.13. The molecule has 15 heavy (non-hydrogen) atoms. The molecule has 0 saturated heterocycles. The summed E-state index contributed by atoms with van der Waals surface area (Å²) in [6.07, 6.45) is 1.99. The van der Waals surface area contributed by atoms with E-state index in [1.165, 1.54) is 14.2 Å². The lowest BCUT2D eigenvalue weighted by Crippen LogP contribution is -2.50. The van der Waals surface area contributed by atoms with E-state index in [4.69, 9.17) is 0 Å². The highest BCUT2D eigenvalue weighted by Gasteiger charge is 2.56. The summed E-state index contributed by atoms with van der Waals surface area (Å²) >= 11 is 6.51. The standard InChI is InChI=1S/C9H12Br2O4/c1-14-7(12)9(11,8(13)15-2)6(10)5-3-4-5/h5-6H,3-4H2,1-2H3. The van der Waals surface area contributed by atoms with Crippen LogP contribution in [0.5, 0.6) is 0 Å². The van der Waals surface area contributed by atoms with Crippen molar-refractivity contribution in [1.82, 2.24) is 0 Å².